The van der Waals surface area contributed by atoms with E-state index in [0.717, 1.165) is 22.5 Å². The number of ether oxygens (including phenoxy) is 1. The van der Waals surface area contributed by atoms with Crippen LogP contribution in [0.4, 0.5) is 22.1 Å². The number of alkyl carbamates (subject to hydrolysis) is 1. The van der Waals surface area contributed by atoms with Gasteiger partial charge in [-0.25, -0.2) is 14.8 Å². The first-order valence-corrected chi connectivity index (χ1v) is 10.3. The third kappa shape index (κ3) is 7.21. The summed E-state index contributed by atoms with van der Waals surface area (Å²) in [5.74, 6) is 0.932. The first-order chi connectivity index (χ1) is 15.3. The van der Waals surface area contributed by atoms with Gasteiger partial charge in [-0.15, -0.1) is 0 Å². The molecule has 0 atom stereocenters. The summed E-state index contributed by atoms with van der Waals surface area (Å²) in [4.78, 5) is 24.7. The number of anilines is 3. The van der Waals surface area contributed by atoms with Crippen molar-refractivity contribution in [1.82, 2.24) is 20.3 Å². The summed E-state index contributed by atoms with van der Waals surface area (Å²) in [6, 6.07) is 15.1. The molecule has 3 aromatic rings. The Morgan fingerprint density at radius 2 is 1.81 bits per heavy atom. The molecule has 0 bridgehead atoms. The van der Waals surface area contributed by atoms with Crippen LogP contribution in [0.1, 0.15) is 26.3 Å². The van der Waals surface area contributed by atoms with Gasteiger partial charge in [-0.1, -0.05) is 24.3 Å². The Morgan fingerprint density at radius 3 is 2.59 bits per heavy atom. The maximum atomic E-state index is 11.7. The van der Waals surface area contributed by atoms with E-state index in [1.807, 2.05) is 69.3 Å². The number of hydrogen-bond donors (Lipinski definition) is 4. The van der Waals surface area contributed by atoms with Gasteiger partial charge in [0.15, 0.2) is 5.82 Å². The average Bonchev–Trinajstić information content (AvgIpc) is 2.76. The van der Waals surface area contributed by atoms with Gasteiger partial charge >= 0.3 is 6.09 Å². The van der Waals surface area contributed by atoms with Crippen LogP contribution in [0.15, 0.2) is 54.9 Å². The van der Waals surface area contributed by atoms with Crippen molar-refractivity contribution in [2.75, 3.05) is 23.7 Å². The van der Waals surface area contributed by atoms with Gasteiger partial charge in [0.25, 0.3) is 0 Å². The number of carbonyl (C=O) groups excluding carboxylic acids is 1. The number of aliphatic hydroxyl groups is 1. The molecule has 2 aromatic carbocycles. The number of nitrogens with zero attached hydrogens (tertiary/aromatic N) is 3. The van der Waals surface area contributed by atoms with Gasteiger partial charge < -0.3 is 25.8 Å². The summed E-state index contributed by atoms with van der Waals surface area (Å²) in [5.41, 5.74) is 2.75. The van der Waals surface area contributed by atoms with Crippen LogP contribution < -0.4 is 16.0 Å². The van der Waals surface area contributed by atoms with Crippen molar-refractivity contribution in [3.8, 4) is 11.4 Å². The molecule has 0 aliphatic rings. The van der Waals surface area contributed by atoms with E-state index < -0.39 is 11.7 Å². The summed E-state index contributed by atoms with van der Waals surface area (Å²) in [5, 5.41) is 18.4. The molecule has 0 radical (unpaired) electrons. The lowest BCUT2D eigenvalue weighted by atomic mass is 10.2. The van der Waals surface area contributed by atoms with E-state index in [1.165, 1.54) is 6.33 Å². The summed E-state index contributed by atoms with van der Waals surface area (Å²) < 4.78 is 5.21. The fourth-order valence-corrected chi connectivity index (χ4v) is 2.83. The SMILES string of the molecule is CC(C)(C)OC(=O)NCCNc1cccc(-c2ncnc(Nc3cccc(CO)c3)n2)c1. The smallest absolute Gasteiger partial charge is 0.407 e. The van der Waals surface area contributed by atoms with E-state index in [1.54, 1.807) is 0 Å². The molecule has 1 heterocycles. The van der Waals surface area contributed by atoms with Crippen LogP contribution in [-0.4, -0.2) is 44.8 Å². The molecule has 0 saturated carbocycles. The molecule has 0 fully saturated rings. The minimum Gasteiger partial charge on any atom is -0.444 e. The lowest BCUT2D eigenvalue weighted by Gasteiger charge is -2.19. The van der Waals surface area contributed by atoms with E-state index in [0.29, 0.717) is 24.9 Å². The van der Waals surface area contributed by atoms with Crippen LogP contribution in [0.3, 0.4) is 0 Å². The molecule has 1 amide bonds. The number of amides is 1. The molecule has 3 rings (SSSR count). The van der Waals surface area contributed by atoms with Gasteiger partial charge in [0, 0.05) is 30.0 Å². The lowest BCUT2D eigenvalue weighted by Crippen LogP contribution is -2.34. The minimum atomic E-state index is -0.522. The van der Waals surface area contributed by atoms with Gasteiger partial charge in [-0.05, 0) is 50.6 Å². The first-order valence-electron chi connectivity index (χ1n) is 10.3. The highest BCUT2D eigenvalue weighted by Crippen LogP contribution is 2.21. The van der Waals surface area contributed by atoms with Gasteiger partial charge in [0.1, 0.15) is 11.9 Å². The standard InChI is InChI=1S/C23H28N6O3/c1-23(2,3)32-22(31)25-11-10-24-18-8-5-7-17(13-18)20-26-15-27-21(29-20)28-19-9-4-6-16(12-19)14-30/h4-9,12-13,15,24,30H,10-11,14H2,1-3H3,(H,25,31)(H,26,27,28,29). The highest BCUT2D eigenvalue weighted by molar-refractivity contribution is 5.68. The van der Waals surface area contributed by atoms with Crippen LogP contribution in [0.5, 0.6) is 0 Å². The quantitative estimate of drug-likeness (QED) is 0.394. The van der Waals surface area contributed by atoms with Crippen LogP contribution in [0.25, 0.3) is 11.4 Å². The average molecular weight is 437 g/mol. The summed E-state index contributed by atoms with van der Waals surface area (Å²) in [6.07, 6.45) is 1.01. The van der Waals surface area contributed by atoms with Crippen molar-refractivity contribution in [1.29, 1.82) is 0 Å². The van der Waals surface area contributed by atoms with Crippen molar-refractivity contribution in [2.24, 2.45) is 0 Å². The number of nitrogens with one attached hydrogen (secondary N) is 3. The van der Waals surface area contributed by atoms with Crippen molar-refractivity contribution in [3.05, 3.63) is 60.4 Å². The summed E-state index contributed by atoms with van der Waals surface area (Å²) in [6.45, 7) is 6.39. The molecular weight excluding hydrogens is 408 g/mol. The minimum absolute atomic E-state index is 0.0366. The second kappa shape index (κ2) is 10.5. The third-order valence-corrected chi connectivity index (χ3v) is 4.18. The molecule has 0 saturated heterocycles. The fraction of sp³-hybridized carbons (Fsp3) is 0.304. The van der Waals surface area contributed by atoms with E-state index in [-0.39, 0.29) is 6.61 Å². The molecule has 0 unspecified atom stereocenters. The number of benzene rings is 2. The van der Waals surface area contributed by atoms with Crippen molar-refractivity contribution >= 4 is 23.4 Å². The van der Waals surface area contributed by atoms with Crippen LogP contribution >= 0.6 is 0 Å². The Morgan fingerprint density at radius 1 is 1.03 bits per heavy atom. The molecule has 9 nitrogen and oxygen atoms in total. The van der Waals surface area contributed by atoms with E-state index in [2.05, 4.69) is 30.9 Å². The van der Waals surface area contributed by atoms with Crippen molar-refractivity contribution in [3.63, 3.8) is 0 Å². The Balaban J connectivity index is 1.60. The normalized spacial score (nSPS) is 11.0. The van der Waals surface area contributed by atoms with Crippen molar-refractivity contribution < 1.29 is 14.6 Å². The molecular formula is C23H28N6O3. The highest BCUT2D eigenvalue weighted by Gasteiger charge is 2.15. The van der Waals surface area contributed by atoms with Gasteiger partial charge in [0.2, 0.25) is 5.95 Å². The zero-order valence-electron chi connectivity index (χ0n) is 18.4. The summed E-state index contributed by atoms with van der Waals surface area (Å²) >= 11 is 0. The zero-order chi connectivity index (χ0) is 23.0. The predicted octanol–water partition coefficient (Wildman–Crippen LogP) is 3.71. The molecule has 4 N–H and O–H groups in total. The molecule has 168 valence electrons. The Hall–Kier alpha value is -3.72. The number of hydrogen-bond acceptors (Lipinski definition) is 8. The van der Waals surface area contributed by atoms with Crippen molar-refractivity contribution in [2.45, 2.75) is 33.0 Å². The predicted molar refractivity (Wildman–Crippen MR) is 124 cm³/mol. The fourth-order valence-electron chi connectivity index (χ4n) is 2.83. The van der Waals surface area contributed by atoms with Gasteiger partial charge in [-0.3, -0.25) is 0 Å². The van der Waals surface area contributed by atoms with Gasteiger partial charge in [-0.2, -0.15) is 4.98 Å². The number of aliphatic hydroxyl groups excluding tert-OH is 1. The van der Waals surface area contributed by atoms with E-state index in [9.17, 15) is 9.90 Å². The van der Waals surface area contributed by atoms with E-state index >= 15 is 0 Å². The second-order valence-corrected chi connectivity index (χ2v) is 8.05. The number of carbonyl (C=O) groups is 1. The van der Waals surface area contributed by atoms with Crippen LogP contribution in [-0.2, 0) is 11.3 Å². The van der Waals surface area contributed by atoms with E-state index in [4.69, 9.17) is 4.74 Å². The number of rotatable bonds is 8. The largest absolute Gasteiger partial charge is 0.444 e. The second-order valence-electron chi connectivity index (χ2n) is 8.05. The molecule has 0 aliphatic carbocycles. The first kappa shape index (κ1) is 23.0. The Bertz CT molecular complexity index is 1050. The molecule has 0 aliphatic heterocycles. The molecule has 32 heavy (non-hydrogen) atoms. The zero-order valence-corrected chi connectivity index (χ0v) is 18.4. The maximum absolute atomic E-state index is 11.7. The monoisotopic (exact) mass is 436 g/mol. The van der Waals surface area contributed by atoms with Gasteiger partial charge in [0.05, 0.1) is 6.61 Å². The lowest BCUT2D eigenvalue weighted by molar-refractivity contribution is 0.0530. The molecule has 1 aromatic heterocycles. The molecule has 0 spiro atoms. The Kier molecular flexibility index (Phi) is 7.56. The Labute approximate surface area is 187 Å². The maximum Gasteiger partial charge on any atom is 0.407 e. The highest BCUT2D eigenvalue weighted by atomic mass is 16.6. The topological polar surface area (TPSA) is 121 Å². The molecule has 9 heteroatoms. The number of aromatic nitrogens is 3. The summed E-state index contributed by atoms with van der Waals surface area (Å²) in [7, 11) is 0. The third-order valence-electron chi connectivity index (χ3n) is 4.18. The van der Waals surface area contributed by atoms with Crippen LogP contribution in [0, 0.1) is 0 Å². The van der Waals surface area contributed by atoms with Crippen LogP contribution in [0.2, 0.25) is 0 Å².